The third-order valence-electron chi connectivity index (χ3n) is 3.81. The summed E-state index contributed by atoms with van der Waals surface area (Å²) < 4.78 is 0. The number of nitrogens with one attached hydrogen (secondary N) is 1. The lowest BCUT2D eigenvalue weighted by atomic mass is 9.86. The molecule has 1 aromatic carbocycles. The maximum absolute atomic E-state index is 9.27. The lowest BCUT2D eigenvalue weighted by molar-refractivity contribution is 0.184. The van der Waals surface area contributed by atoms with Crippen molar-refractivity contribution in [2.75, 3.05) is 11.9 Å². The number of aromatic nitrogens is 2. The van der Waals surface area contributed by atoms with Crippen molar-refractivity contribution in [3.05, 3.63) is 30.3 Å². The zero-order valence-corrected chi connectivity index (χ0v) is 12.1. The fourth-order valence-corrected chi connectivity index (χ4v) is 3.57. The van der Waals surface area contributed by atoms with Crippen LogP contribution in [-0.2, 0) is 0 Å². The normalized spacial score (nSPS) is 22.6. The van der Waals surface area contributed by atoms with Crippen LogP contribution in [0.25, 0.3) is 10.6 Å². The second-order valence-electron chi connectivity index (χ2n) is 5.33. The van der Waals surface area contributed by atoms with Gasteiger partial charge < -0.3 is 10.4 Å². The maximum atomic E-state index is 9.27. The highest BCUT2D eigenvalue weighted by atomic mass is 32.1. The van der Waals surface area contributed by atoms with Crippen molar-refractivity contribution in [1.82, 2.24) is 10.2 Å². The molecule has 0 amide bonds. The molecule has 2 atom stereocenters. The van der Waals surface area contributed by atoms with Gasteiger partial charge >= 0.3 is 0 Å². The van der Waals surface area contributed by atoms with E-state index in [1.54, 1.807) is 11.3 Å². The van der Waals surface area contributed by atoms with Crippen molar-refractivity contribution >= 4 is 16.5 Å². The van der Waals surface area contributed by atoms with Gasteiger partial charge in [-0.2, -0.15) is 0 Å². The molecule has 1 heterocycles. The molecule has 5 heteroatoms. The number of aliphatic hydroxyl groups excluding tert-OH is 1. The first-order chi connectivity index (χ1) is 9.85. The van der Waals surface area contributed by atoms with Gasteiger partial charge in [-0.25, -0.2) is 0 Å². The van der Waals surface area contributed by atoms with Crippen molar-refractivity contribution in [2.45, 2.75) is 31.7 Å². The monoisotopic (exact) mass is 289 g/mol. The third kappa shape index (κ3) is 3.16. The topological polar surface area (TPSA) is 58.0 Å². The molecule has 0 spiro atoms. The molecule has 0 unspecified atom stereocenters. The van der Waals surface area contributed by atoms with E-state index in [9.17, 15) is 5.11 Å². The summed E-state index contributed by atoms with van der Waals surface area (Å²) >= 11 is 1.59. The Morgan fingerprint density at radius 2 is 2.05 bits per heavy atom. The Morgan fingerprint density at radius 1 is 1.20 bits per heavy atom. The lowest BCUT2D eigenvalue weighted by Crippen LogP contribution is -2.28. The lowest BCUT2D eigenvalue weighted by Gasteiger charge is -2.28. The van der Waals surface area contributed by atoms with Crippen LogP contribution in [-0.4, -0.2) is 28.0 Å². The predicted molar refractivity (Wildman–Crippen MR) is 81.8 cm³/mol. The van der Waals surface area contributed by atoms with Gasteiger partial charge in [0.1, 0.15) is 5.01 Å². The van der Waals surface area contributed by atoms with Gasteiger partial charge in [0.05, 0.1) is 0 Å². The summed E-state index contributed by atoms with van der Waals surface area (Å²) in [4.78, 5) is 0. The van der Waals surface area contributed by atoms with Crippen LogP contribution in [0.2, 0.25) is 0 Å². The number of anilines is 1. The van der Waals surface area contributed by atoms with Gasteiger partial charge in [-0.1, -0.05) is 48.1 Å². The Kier molecular flexibility index (Phi) is 4.28. The quantitative estimate of drug-likeness (QED) is 0.907. The van der Waals surface area contributed by atoms with E-state index < -0.39 is 0 Å². The molecular weight excluding hydrogens is 270 g/mol. The van der Waals surface area contributed by atoms with E-state index in [0.717, 1.165) is 35.0 Å². The van der Waals surface area contributed by atoms with Crippen LogP contribution in [0, 0.1) is 5.92 Å². The highest BCUT2D eigenvalue weighted by Gasteiger charge is 2.22. The van der Waals surface area contributed by atoms with Gasteiger partial charge in [0.15, 0.2) is 0 Å². The number of hydrogen-bond acceptors (Lipinski definition) is 5. The summed E-state index contributed by atoms with van der Waals surface area (Å²) in [5.41, 5.74) is 1.11. The third-order valence-corrected chi connectivity index (χ3v) is 4.72. The van der Waals surface area contributed by atoms with Crippen molar-refractivity contribution in [3.63, 3.8) is 0 Å². The van der Waals surface area contributed by atoms with Crippen LogP contribution >= 0.6 is 11.3 Å². The van der Waals surface area contributed by atoms with E-state index in [4.69, 9.17) is 0 Å². The minimum absolute atomic E-state index is 0.295. The summed E-state index contributed by atoms with van der Waals surface area (Å²) in [5, 5.41) is 23.1. The van der Waals surface area contributed by atoms with E-state index >= 15 is 0 Å². The van der Waals surface area contributed by atoms with Crippen molar-refractivity contribution in [2.24, 2.45) is 5.92 Å². The van der Waals surface area contributed by atoms with Gasteiger partial charge in [-0.05, 0) is 25.2 Å². The molecule has 1 aliphatic rings. The Hall–Kier alpha value is -1.46. The smallest absolute Gasteiger partial charge is 0.206 e. The molecule has 20 heavy (non-hydrogen) atoms. The molecule has 2 aromatic rings. The predicted octanol–water partition coefficient (Wildman–Crippen LogP) is 3.17. The van der Waals surface area contributed by atoms with Gasteiger partial charge in [0, 0.05) is 18.2 Å². The second-order valence-corrected chi connectivity index (χ2v) is 6.31. The summed E-state index contributed by atoms with van der Waals surface area (Å²) in [6, 6.07) is 10.5. The molecule has 1 fully saturated rings. The zero-order valence-electron chi connectivity index (χ0n) is 11.3. The fraction of sp³-hybridized carbons (Fsp3) is 0.467. The average molecular weight is 289 g/mol. The van der Waals surface area contributed by atoms with Gasteiger partial charge in [-0.3, -0.25) is 0 Å². The zero-order chi connectivity index (χ0) is 13.8. The molecule has 1 aromatic heterocycles. The van der Waals surface area contributed by atoms with E-state index in [0.29, 0.717) is 18.6 Å². The van der Waals surface area contributed by atoms with E-state index in [1.165, 1.54) is 6.42 Å². The molecule has 0 bridgehead atoms. The first-order valence-electron chi connectivity index (χ1n) is 7.11. The number of hydrogen-bond donors (Lipinski definition) is 2. The van der Waals surface area contributed by atoms with E-state index in [1.807, 2.05) is 30.3 Å². The van der Waals surface area contributed by atoms with E-state index in [2.05, 4.69) is 15.5 Å². The Bertz CT molecular complexity index is 543. The maximum Gasteiger partial charge on any atom is 0.206 e. The van der Waals surface area contributed by atoms with Crippen LogP contribution in [0.15, 0.2) is 30.3 Å². The number of rotatable bonds is 4. The highest BCUT2D eigenvalue weighted by molar-refractivity contribution is 7.18. The summed E-state index contributed by atoms with van der Waals surface area (Å²) in [5.74, 6) is 0.433. The Labute approximate surface area is 122 Å². The second kappa shape index (κ2) is 6.33. The summed E-state index contributed by atoms with van der Waals surface area (Å²) in [6.45, 7) is 0.295. The van der Waals surface area contributed by atoms with Gasteiger partial charge in [0.25, 0.3) is 0 Å². The first kappa shape index (κ1) is 13.5. The van der Waals surface area contributed by atoms with Crippen LogP contribution < -0.4 is 5.32 Å². The summed E-state index contributed by atoms with van der Waals surface area (Å²) in [7, 11) is 0. The van der Waals surface area contributed by atoms with Crippen molar-refractivity contribution in [3.8, 4) is 10.6 Å². The van der Waals surface area contributed by atoms with Crippen LogP contribution in [0.1, 0.15) is 25.7 Å². The first-order valence-corrected chi connectivity index (χ1v) is 7.93. The number of nitrogens with zero attached hydrogens (tertiary/aromatic N) is 2. The van der Waals surface area contributed by atoms with Gasteiger partial charge in [-0.15, -0.1) is 10.2 Å². The molecule has 4 nitrogen and oxygen atoms in total. The minimum Gasteiger partial charge on any atom is -0.396 e. The van der Waals surface area contributed by atoms with Gasteiger partial charge in [0.2, 0.25) is 5.13 Å². The van der Waals surface area contributed by atoms with Crippen LogP contribution in [0.4, 0.5) is 5.13 Å². The average Bonchev–Trinajstić information content (AvgIpc) is 2.97. The molecule has 0 saturated heterocycles. The molecule has 106 valence electrons. The molecule has 0 radical (unpaired) electrons. The molecule has 1 aliphatic carbocycles. The van der Waals surface area contributed by atoms with Crippen LogP contribution in [0.5, 0.6) is 0 Å². The number of aliphatic hydroxyl groups is 1. The number of benzene rings is 1. The molecule has 1 saturated carbocycles. The summed E-state index contributed by atoms with van der Waals surface area (Å²) in [6.07, 6.45) is 4.49. The molecule has 0 aliphatic heterocycles. The molecular formula is C15H19N3OS. The molecule has 2 N–H and O–H groups in total. The fourth-order valence-electron chi connectivity index (χ4n) is 2.74. The Balaban J connectivity index is 1.65. The van der Waals surface area contributed by atoms with Crippen molar-refractivity contribution in [1.29, 1.82) is 0 Å². The van der Waals surface area contributed by atoms with Crippen LogP contribution in [0.3, 0.4) is 0 Å². The highest BCUT2D eigenvalue weighted by Crippen LogP contribution is 2.30. The minimum atomic E-state index is 0.295. The van der Waals surface area contributed by atoms with E-state index in [-0.39, 0.29) is 0 Å². The Morgan fingerprint density at radius 3 is 2.85 bits per heavy atom. The standard InChI is InChI=1S/C15H19N3OS/c19-10-11-5-4-8-13(9-11)16-15-18-17-14(20-15)12-6-2-1-3-7-12/h1-3,6-7,11,13,19H,4-5,8-10H2,(H,16,18)/t11-,13-/m1/s1. The SMILES string of the molecule is OC[C@@H]1CCC[C@@H](Nc2nnc(-c3ccccc3)s2)C1. The molecule has 3 rings (SSSR count). The largest absolute Gasteiger partial charge is 0.396 e. The van der Waals surface area contributed by atoms with Crippen molar-refractivity contribution < 1.29 is 5.11 Å².